The zero-order valence-corrected chi connectivity index (χ0v) is 28.0. The Labute approximate surface area is 291 Å². The summed E-state index contributed by atoms with van der Waals surface area (Å²) < 4.78 is 19.2. The normalized spacial score (nSPS) is 19.3. The van der Waals surface area contributed by atoms with Crippen molar-refractivity contribution in [2.24, 2.45) is 4.99 Å². The molecule has 3 aromatic carbocycles. The molecule has 10 nitrogen and oxygen atoms in total. The minimum absolute atomic E-state index is 0.00952. The van der Waals surface area contributed by atoms with Gasteiger partial charge in [0.05, 0.1) is 30.4 Å². The molecule has 13 heteroatoms. The first-order chi connectivity index (χ1) is 23.8. The second-order valence-corrected chi connectivity index (χ2v) is 13.3. The van der Waals surface area contributed by atoms with Crippen molar-refractivity contribution in [2.45, 2.75) is 18.6 Å². The molecule has 1 N–H and O–H groups in total. The predicted molar refractivity (Wildman–Crippen MR) is 184 cm³/mol. The number of aliphatic imine (C=N–C) groups is 1. The molecule has 3 aliphatic rings. The van der Waals surface area contributed by atoms with Crippen LogP contribution in [0.5, 0.6) is 0 Å². The summed E-state index contributed by atoms with van der Waals surface area (Å²) in [6.45, 7) is 3.17. The van der Waals surface area contributed by atoms with E-state index in [1.807, 2.05) is 51.6 Å². The maximum Gasteiger partial charge on any atom is 0.338 e. The third-order valence-corrected chi connectivity index (χ3v) is 10.1. The predicted octanol–water partition coefficient (Wildman–Crippen LogP) is 5.61. The number of fused-ring (bicyclic) bond motifs is 1. The summed E-state index contributed by atoms with van der Waals surface area (Å²) in [6.07, 6.45) is 1.68. The second kappa shape index (κ2) is 13.8. The van der Waals surface area contributed by atoms with Crippen LogP contribution in [0.2, 0.25) is 5.02 Å². The number of nitriles is 1. The zero-order chi connectivity index (χ0) is 34.1. The van der Waals surface area contributed by atoms with Gasteiger partial charge in [0, 0.05) is 67.1 Å². The van der Waals surface area contributed by atoms with Gasteiger partial charge >= 0.3 is 12.0 Å². The van der Waals surface area contributed by atoms with Gasteiger partial charge in [0.25, 0.3) is 0 Å². The number of nitrogens with zero attached hydrogens (tertiary/aromatic N) is 6. The van der Waals surface area contributed by atoms with E-state index >= 15 is 0 Å². The van der Waals surface area contributed by atoms with Gasteiger partial charge in [-0.1, -0.05) is 54.1 Å². The van der Waals surface area contributed by atoms with Crippen LogP contribution < -0.4 is 5.32 Å². The molecule has 2 atom stereocenters. The number of esters is 1. The number of amides is 2. The van der Waals surface area contributed by atoms with Crippen LogP contribution in [-0.4, -0.2) is 83.4 Å². The molecule has 0 unspecified atom stereocenters. The number of carbonyl (C=O) groups excluding carboxylic acids is 2. The number of nitrogens with one attached hydrogen (secondary N) is 1. The number of rotatable bonds is 8. The van der Waals surface area contributed by atoms with E-state index in [1.54, 1.807) is 18.3 Å². The third kappa shape index (κ3) is 6.65. The first kappa shape index (κ1) is 32.5. The Kier molecular flexibility index (Phi) is 9.14. The molecular weight excluding hydrogens is 665 g/mol. The molecular formula is C36H31ClFN7O3S. The van der Waals surface area contributed by atoms with Gasteiger partial charge < -0.3 is 19.9 Å². The van der Waals surface area contributed by atoms with Gasteiger partial charge in [-0.05, 0) is 41.0 Å². The average Bonchev–Trinajstić information content (AvgIpc) is 3.76. The van der Waals surface area contributed by atoms with E-state index in [0.717, 1.165) is 16.7 Å². The van der Waals surface area contributed by atoms with Crippen molar-refractivity contribution in [2.75, 3.05) is 39.8 Å². The highest BCUT2D eigenvalue weighted by Gasteiger charge is 2.41. The first-order valence-electron chi connectivity index (χ1n) is 15.7. The summed E-state index contributed by atoms with van der Waals surface area (Å²) >= 11 is 7.90. The van der Waals surface area contributed by atoms with Crippen molar-refractivity contribution < 1.29 is 18.7 Å². The number of hydrogen-bond acceptors (Lipinski definition) is 9. The molecule has 0 saturated carbocycles. The number of benzene rings is 3. The topological polar surface area (TPSA) is 114 Å². The van der Waals surface area contributed by atoms with Crippen molar-refractivity contribution in [3.8, 4) is 17.2 Å². The molecule has 4 heterocycles. The molecule has 1 aromatic heterocycles. The van der Waals surface area contributed by atoms with Crippen LogP contribution in [0, 0.1) is 17.1 Å². The van der Waals surface area contributed by atoms with Crippen LogP contribution in [0.15, 0.2) is 94.6 Å². The van der Waals surface area contributed by atoms with E-state index in [2.05, 4.69) is 21.3 Å². The summed E-state index contributed by atoms with van der Waals surface area (Å²) in [4.78, 5) is 42.0. The number of ether oxygens (including phenoxy) is 1. The largest absolute Gasteiger partial charge is 0.466 e. The number of piperazine rings is 1. The molecule has 2 saturated heterocycles. The highest BCUT2D eigenvalue weighted by Crippen LogP contribution is 2.37. The average molecular weight is 696 g/mol. The molecule has 0 spiro atoms. The van der Waals surface area contributed by atoms with E-state index in [9.17, 15) is 14.0 Å². The van der Waals surface area contributed by atoms with E-state index in [1.165, 1.54) is 36.6 Å². The molecule has 0 radical (unpaired) electrons. The van der Waals surface area contributed by atoms with E-state index < -0.39 is 17.8 Å². The lowest BCUT2D eigenvalue weighted by Gasteiger charge is -2.38. The number of aromatic nitrogens is 1. The van der Waals surface area contributed by atoms with Crippen LogP contribution >= 0.6 is 22.9 Å². The van der Waals surface area contributed by atoms with Gasteiger partial charge in [0.2, 0.25) is 0 Å². The smallest absolute Gasteiger partial charge is 0.338 e. The number of hydrogen-bond donors (Lipinski definition) is 1. The highest BCUT2D eigenvalue weighted by molar-refractivity contribution is 7.11. The van der Waals surface area contributed by atoms with Crippen LogP contribution in [0.4, 0.5) is 9.18 Å². The Balaban J connectivity index is 1.08. The fourth-order valence-corrected chi connectivity index (χ4v) is 7.43. The molecule has 0 aliphatic carbocycles. The van der Waals surface area contributed by atoms with Crippen molar-refractivity contribution in [3.63, 3.8) is 0 Å². The van der Waals surface area contributed by atoms with Gasteiger partial charge in [-0.15, -0.1) is 11.3 Å². The van der Waals surface area contributed by atoms with Crippen LogP contribution in [0.1, 0.15) is 27.7 Å². The van der Waals surface area contributed by atoms with Gasteiger partial charge in [-0.25, -0.2) is 19.0 Å². The number of urea groups is 1. The molecule has 2 amide bonds. The number of thiazole rings is 1. The summed E-state index contributed by atoms with van der Waals surface area (Å²) in [6, 6.07) is 20.9. The Morgan fingerprint density at radius 2 is 1.84 bits per heavy atom. The quantitative estimate of drug-likeness (QED) is 0.238. The summed E-state index contributed by atoms with van der Waals surface area (Å²) in [7, 11) is 1.31. The number of methoxy groups -OCH3 is 1. The standard InChI is InChI=1S/C36H31ClFN7O3S/c1-48-35(46)31-30(41-33(34-40-12-15-49-34)42-32(31)28-11-10-26(38)16-29(28)37)21-43-13-14-45-27(19-43)20-44(36(45)47)18-23-4-8-25(9-5-23)24-6-2-22(17-39)3-7-24/h2-12,15-16,27,32H,13-14,18-21H2,1H3,(H,41,42)/t27-,32-/m0/s1. The SMILES string of the molecule is COC(=O)C1=C(CN2CCN3C(=O)N(Cc4ccc(-c5ccc(C#N)cc5)cc4)C[C@@H]3C2)NC(c2nccs2)=N[C@H]1c1ccc(F)cc1Cl. The maximum atomic E-state index is 14.0. The van der Waals surface area contributed by atoms with Gasteiger partial charge in [0.1, 0.15) is 11.9 Å². The number of carbonyl (C=O) groups is 2. The zero-order valence-electron chi connectivity index (χ0n) is 26.5. The van der Waals surface area contributed by atoms with Crippen molar-refractivity contribution >= 4 is 40.8 Å². The highest BCUT2D eigenvalue weighted by atomic mass is 35.5. The lowest BCUT2D eigenvalue weighted by molar-refractivity contribution is -0.136. The Morgan fingerprint density at radius 1 is 1.08 bits per heavy atom. The van der Waals surface area contributed by atoms with Crippen LogP contribution in [0.25, 0.3) is 11.1 Å². The fraction of sp³-hybridized carbons (Fsp3) is 0.250. The summed E-state index contributed by atoms with van der Waals surface area (Å²) in [5.41, 5.74) is 5.06. The first-order valence-corrected chi connectivity index (χ1v) is 17.0. The Morgan fingerprint density at radius 3 is 2.51 bits per heavy atom. The Hall–Kier alpha value is -5.09. The van der Waals surface area contributed by atoms with E-state index in [0.29, 0.717) is 66.9 Å². The van der Waals surface area contributed by atoms with Crippen molar-refractivity contribution in [3.05, 3.63) is 122 Å². The van der Waals surface area contributed by atoms with Crippen LogP contribution in [-0.2, 0) is 16.1 Å². The summed E-state index contributed by atoms with van der Waals surface area (Å²) in [5, 5.41) is 15.0. The monoisotopic (exact) mass is 695 g/mol. The van der Waals surface area contributed by atoms with Crippen molar-refractivity contribution in [1.29, 1.82) is 5.26 Å². The third-order valence-electron chi connectivity index (χ3n) is 8.99. The Bertz CT molecular complexity index is 1990. The molecule has 2 fully saturated rings. The fourth-order valence-electron chi connectivity index (χ4n) is 6.57. The second-order valence-electron chi connectivity index (χ2n) is 12.0. The van der Waals surface area contributed by atoms with Crippen molar-refractivity contribution in [1.82, 2.24) is 25.0 Å². The molecule has 4 aromatic rings. The van der Waals surface area contributed by atoms with Gasteiger partial charge in [0.15, 0.2) is 10.8 Å². The molecule has 0 bridgehead atoms. The lowest BCUT2D eigenvalue weighted by atomic mass is 9.95. The maximum absolute atomic E-state index is 14.0. The minimum atomic E-state index is -0.844. The minimum Gasteiger partial charge on any atom is -0.466 e. The molecule has 248 valence electrons. The molecule has 49 heavy (non-hydrogen) atoms. The molecule has 7 rings (SSSR count). The van der Waals surface area contributed by atoms with E-state index in [4.69, 9.17) is 26.6 Å². The molecule has 3 aliphatic heterocycles. The van der Waals surface area contributed by atoms with Crippen LogP contribution in [0.3, 0.4) is 0 Å². The van der Waals surface area contributed by atoms with E-state index in [-0.39, 0.29) is 22.7 Å². The summed E-state index contributed by atoms with van der Waals surface area (Å²) in [5.74, 6) is -0.580. The van der Waals surface area contributed by atoms with Gasteiger partial charge in [-0.3, -0.25) is 9.89 Å². The number of halogens is 2. The lowest BCUT2D eigenvalue weighted by Crippen LogP contribution is -2.53. The number of amidine groups is 1. The van der Waals surface area contributed by atoms with Gasteiger partial charge in [-0.2, -0.15) is 5.26 Å².